The van der Waals surface area contributed by atoms with Gasteiger partial charge in [-0.3, -0.25) is 14.4 Å². The molecule has 0 saturated heterocycles. The predicted octanol–water partition coefficient (Wildman–Crippen LogP) is -0.521. The van der Waals surface area contributed by atoms with Gasteiger partial charge in [0.1, 0.15) is 12.2 Å². The maximum atomic E-state index is 11.8. The molecule has 0 aromatic heterocycles. The van der Waals surface area contributed by atoms with Crippen LogP contribution in [0.1, 0.15) is 33.6 Å². The van der Waals surface area contributed by atoms with Crippen LogP contribution in [-0.4, -0.2) is 60.0 Å². The molecule has 1 fully saturated rings. The molecule has 1 saturated carbocycles. The van der Waals surface area contributed by atoms with Crippen LogP contribution in [0.2, 0.25) is 0 Å². The van der Waals surface area contributed by atoms with E-state index < -0.39 is 47.8 Å². The first kappa shape index (κ1) is 18.9. The van der Waals surface area contributed by atoms with E-state index in [2.05, 4.69) is 4.74 Å². The Morgan fingerprint density at radius 3 is 1.57 bits per heavy atom. The molecule has 1 aliphatic rings. The number of ether oxygens (including phenoxy) is 4. The van der Waals surface area contributed by atoms with Gasteiger partial charge >= 0.3 is 23.9 Å². The Morgan fingerprint density at radius 2 is 1.26 bits per heavy atom. The number of esters is 4. The first-order valence-electron chi connectivity index (χ1n) is 6.91. The molecule has 0 radical (unpaired) electrons. The number of aliphatic hydroxyl groups is 1. The molecule has 0 aromatic carbocycles. The third-order valence-electron chi connectivity index (χ3n) is 3.31. The average molecular weight is 332 g/mol. The molecule has 0 aromatic rings. The summed E-state index contributed by atoms with van der Waals surface area (Å²) < 4.78 is 19.7. The lowest BCUT2D eigenvalue weighted by molar-refractivity contribution is -0.214. The summed E-state index contributed by atoms with van der Waals surface area (Å²) in [4.78, 5) is 45.6. The molecular weight excluding hydrogens is 312 g/mol. The number of rotatable bonds is 4. The fraction of sp³-hybridized carbons (Fsp3) is 0.714. The molecule has 23 heavy (non-hydrogen) atoms. The van der Waals surface area contributed by atoms with Crippen molar-refractivity contribution in [3.8, 4) is 0 Å². The minimum absolute atomic E-state index is 0.352. The van der Waals surface area contributed by atoms with Gasteiger partial charge in [0.2, 0.25) is 0 Å². The van der Waals surface area contributed by atoms with Crippen LogP contribution in [0.3, 0.4) is 0 Å². The molecule has 1 rings (SSSR count). The van der Waals surface area contributed by atoms with Crippen molar-refractivity contribution in [1.82, 2.24) is 0 Å². The molecule has 2 atom stereocenters. The van der Waals surface area contributed by atoms with Gasteiger partial charge in [0, 0.05) is 33.6 Å². The van der Waals surface area contributed by atoms with Gasteiger partial charge in [0.15, 0.2) is 11.7 Å². The number of carbonyl (C=O) groups excluding carboxylic acids is 4. The quantitative estimate of drug-likeness (QED) is 0.534. The van der Waals surface area contributed by atoms with Crippen molar-refractivity contribution >= 4 is 23.9 Å². The second-order valence-electron chi connectivity index (χ2n) is 5.30. The third kappa shape index (κ3) is 4.92. The van der Waals surface area contributed by atoms with E-state index in [9.17, 15) is 24.3 Å². The van der Waals surface area contributed by atoms with Crippen LogP contribution in [0.5, 0.6) is 0 Å². The second-order valence-corrected chi connectivity index (χ2v) is 5.30. The van der Waals surface area contributed by atoms with E-state index in [0.717, 1.165) is 27.9 Å². The molecule has 0 spiro atoms. The smallest absolute Gasteiger partial charge is 0.338 e. The Labute approximate surface area is 132 Å². The SMILES string of the molecule is COC(=O)C1(O)C[C@@H](OC(C)=O)C(OC(C)=O)[C@H](OC(C)=O)C1. The first-order chi connectivity index (χ1) is 10.6. The summed E-state index contributed by atoms with van der Waals surface area (Å²) in [5.74, 6) is -3.06. The van der Waals surface area contributed by atoms with Gasteiger partial charge in [-0.1, -0.05) is 0 Å². The molecule has 9 heteroatoms. The zero-order chi connectivity index (χ0) is 17.8. The van der Waals surface area contributed by atoms with Gasteiger partial charge in [-0.05, 0) is 0 Å². The van der Waals surface area contributed by atoms with Crippen LogP contribution in [0.15, 0.2) is 0 Å². The third-order valence-corrected chi connectivity index (χ3v) is 3.31. The normalized spacial score (nSPS) is 30.0. The van der Waals surface area contributed by atoms with E-state index in [1.165, 1.54) is 0 Å². The fourth-order valence-corrected chi connectivity index (χ4v) is 2.56. The topological polar surface area (TPSA) is 125 Å². The second kappa shape index (κ2) is 7.40. The Hall–Kier alpha value is -2.16. The molecule has 1 aliphatic carbocycles. The Balaban J connectivity index is 3.17. The van der Waals surface area contributed by atoms with Gasteiger partial charge in [0.05, 0.1) is 7.11 Å². The van der Waals surface area contributed by atoms with Crippen LogP contribution in [0, 0.1) is 0 Å². The average Bonchev–Trinajstić information content (AvgIpc) is 2.40. The van der Waals surface area contributed by atoms with Crippen LogP contribution in [-0.2, 0) is 38.1 Å². The highest BCUT2D eigenvalue weighted by atomic mass is 16.6. The van der Waals surface area contributed by atoms with E-state index in [4.69, 9.17) is 14.2 Å². The zero-order valence-corrected chi connectivity index (χ0v) is 13.4. The minimum atomic E-state index is -2.04. The molecule has 9 nitrogen and oxygen atoms in total. The van der Waals surface area contributed by atoms with Crippen LogP contribution in [0.4, 0.5) is 0 Å². The van der Waals surface area contributed by atoms with E-state index in [1.807, 2.05) is 0 Å². The van der Waals surface area contributed by atoms with Crippen LogP contribution >= 0.6 is 0 Å². The van der Waals surface area contributed by atoms with Gasteiger partial charge in [-0.2, -0.15) is 0 Å². The van der Waals surface area contributed by atoms with Crippen LogP contribution < -0.4 is 0 Å². The lowest BCUT2D eigenvalue weighted by Gasteiger charge is -2.42. The number of methoxy groups -OCH3 is 1. The monoisotopic (exact) mass is 332 g/mol. The summed E-state index contributed by atoms with van der Waals surface area (Å²) in [6.07, 6.45) is -4.17. The summed E-state index contributed by atoms with van der Waals surface area (Å²) in [5, 5.41) is 10.5. The predicted molar refractivity (Wildman–Crippen MR) is 72.9 cm³/mol. The van der Waals surface area contributed by atoms with Crippen molar-refractivity contribution in [2.75, 3.05) is 7.11 Å². The van der Waals surface area contributed by atoms with Gasteiger partial charge in [-0.15, -0.1) is 0 Å². The minimum Gasteiger partial charge on any atom is -0.467 e. The summed E-state index contributed by atoms with van der Waals surface area (Å²) in [7, 11) is 1.08. The highest BCUT2D eigenvalue weighted by Gasteiger charge is 2.54. The van der Waals surface area contributed by atoms with Crippen LogP contribution in [0.25, 0.3) is 0 Å². The summed E-state index contributed by atoms with van der Waals surface area (Å²) in [6.45, 7) is 3.38. The molecule has 0 amide bonds. The molecule has 0 heterocycles. The van der Waals surface area contributed by atoms with E-state index in [0.29, 0.717) is 0 Å². The molecule has 1 N–H and O–H groups in total. The van der Waals surface area contributed by atoms with E-state index >= 15 is 0 Å². The molecule has 0 unspecified atom stereocenters. The summed E-state index contributed by atoms with van der Waals surface area (Å²) in [5.41, 5.74) is -2.04. The number of carbonyl (C=O) groups is 4. The van der Waals surface area contributed by atoms with Crippen molar-refractivity contribution in [2.45, 2.75) is 57.5 Å². The molecular formula is C14H20O9. The maximum absolute atomic E-state index is 11.8. The lowest BCUT2D eigenvalue weighted by atomic mass is 9.79. The highest BCUT2D eigenvalue weighted by Crippen LogP contribution is 2.35. The van der Waals surface area contributed by atoms with Crippen molar-refractivity contribution in [3.63, 3.8) is 0 Å². The summed E-state index contributed by atoms with van der Waals surface area (Å²) >= 11 is 0. The van der Waals surface area contributed by atoms with Gasteiger partial charge in [-0.25, -0.2) is 4.79 Å². The standard InChI is InChI=1S/C14H20O9/c1-7(15)21-10-5-14(19,13(18)20-4)6-11(22-8(2)16)12(10)23-9(3)17/h10-12,19H,5-6H2,1-4H3/t10-,11-,12?,14?/m1/s1. The number of hydrogen-bond donors (Lipinski definition) is 1. The lowest BCUT2D eigenvalue weighted by Crippen LogP contribution is -2.59. The van der Waals surface area contributed by atoms with E-state index in [1.54, 1.807) is 0 Å². The Kier molecular flexibility index (Phi) is 6.08. The Bertz CT molecular complexity index is 472. The number of hydrogen-bond acceptors (Lipinski definition) is 9. The van der Waals surface area contributed by atoms with E-state index in [-0.39, 0.29) is 12.8 Å². The fourth-order valence-electron chi connectivity index (χ4n) is 2.56. The molecule has 130 valence electrons. The molecule has 0 bridgehead atoms. The largest absolute Gasteiger partial charge is 0.467 e. The molecule has 0 aliphatic heterocycles. The maximum Gasteiger partial charge on any atom is 0.338 e. The zero-order valence-electron chi connectivity index (χ0n) is 13.4. The summed E-state index contributed by atoms with van der Waals surface area (Å²) in [6, 6.07) is 0. The van der Waals surface area contributed by atoms with Gasteiger partial charge in [0.25, 0.3) is 0 Å². The Morgan fingerprint density at radius 1 is 0.870 bits per heavy atom. The van der Waals surface area contributed by atoms with Crippen molar-refractivity contribution in [3.05, 3.63) is 0 Å². The van der Waals surface area contributed by atoms with Gasteiger partial charge < -0.3 is 24.1 Å². The van der Waals surface area contributed by atoms with Crippen molar-refractivity contribution in [1.29, 1.82) is 0 Å². The van der Waals surface area contributed by atoms with Crippen molar-refractivity contribution < 1.29 is 43.2 Å². The van der Waals surface area contributed by atoms with Crippen molar-refractivity contribution in [2.24, 2.45) is 0 Å². The first-order valence-corrected chi connectivity index (χ1v) is 6.91. The highest BCUT2D eigenvalue weighted by molar-refractivity contribution is 5.80.